The molecule has 27 heavy (non-hydrogen) atoms. The summed E-state index contributed by atoms with van der Waals surface area (Å²) < 4.78 is 11.5. The van der Waals surface area contributed by atoms with Gasteiger partial charge >= 0.3 is 0 Å². The Morgan fingerprint density at radius 3 is 2.26 bits per heavy atom. The maximum absolute atomic E-state index is 5.87. The van der Waals surface area contributed by atoms with Gasteiger partial charge in [-0.15, -0.1) is 0 Å². The fraction of sp³-hybridized carbons (Fsp3) is 0.429. The first-order valence-electron chi connectivity index (χ1n) is 9.51. The number of benzene rings is 2. The summed E-state index contributed by atoms with van der Waals surface area (Å²) in [5.74, 6) is 6.65. The van der Waals surface area contributed by atoms with Crippen molar-refractivity contribution >= 4 is 0 Å². The van der Waals surface area contributed by atoms with Crippen LogP contribution in [0.2, 0.25) is 0 Å². The summed E-state index contributed by atoms with van der Waals surface area (Å²) in [5.41, 5.74) is 1.21. The highest BCUT2D eigenvalue weighted by molar-refractivity contribution is 5.33. The molecule has 4 N–H and O–H groups in total. The molecular formula is C21H31N3O3. The summed E-state index contributed by atoms with van der Waals surface area (Å²) in [7, 11) is 0. The minimum Gasteiger partial charge on any atom is -0.457 e. The Morgan fingerprint density at radius 2 is 1.48 bits per heavy atom. The van der Waals surface area contributed by atoms with E-state index in [4.69, 9.17) is 15.4 Å². The van der Waals surface area contributed by atoms with Crippen molar-refractivity contribution in [2.75, 3.05) is 39.5 Å². The lowest BCUT2D eigenvalue weighted by atomic mass is 10.2. The monoisotopic (exact) mass is 373 g/mol. The molecule has 2 aromatic rings. The van der Waals surface area contributed by atoms with Crippen molar-refractivity contribution in [1.82, 2.24) is 10.6 Å². The predicted molar refractivity (Wildman–Crippen MR) is 108 cm³/mol. The van der Waals surface area contributed by atoms with Crippen molar-refractivity contribution in [2.24, 2.45) is 5.90 Å². The lowest BCUT2D eigenvalue weighted by Crippen LogP contribution is -2.23. The van der Waals surface area contributed by atoms with E-state index in [-0.39, 0.29) is 0 Å². The quantitative estimate of drug-likeness (QED) is 0.329. The Balaban J connectivity index is 1.50. The number of hydrogen-bond donors (Lipinski definition) is 3. The van der Waals surface area contributed by atoms with Crippen LogP contribution in [-0.4, -0.2) is 39.5 Å². The molecule has 0 saturated carbocycles. The molecule has 0 amide bonds. The van der Waals surface area contributed by atoms with Crippen LogP contribution in [0.5, 0.6) is 11.5 Å². The van der Waals surface area contributed by atoms with Gasteiger partial charge in [-0.2, -0.15) is 0 Å². The number of nitrogens with one attached hydrogen (secondary N) is 2. The molecule has 0 aliphatic carbocycles. The van der Waals surface area contributed by atoms with E-state index in [9.17, 15) is 0 Å². The van der Waals surface area contributed by atoms with Gasteiger partial charge in [0, 0.05) is 26.3 Å². The Labute approximate surface area is 162 Å². The van der Waals surface area contributed by atoms with Crippen LogP contribution in [0.25, 0.3) is 0 Å². The SMILES string of the molecule is NOCCNCCCOCCCNCc1cccc(Oc2ccccc2)c1. The molecule has 2 rings (SSSR count). The van der Waals surface area contributed by atoms with Crippen LogP contribution in [0.3, 0.4) is 0 Å². The molecule has 0 saturated heterocycles. The van der Waals surface area contributed by atoms with Gasteiger partial charge in [0.15, 0.2) is 0 Å². The second-order valence-corrected chi connectivity index (χ2v) is 6.18. The van der Waals surface area contributed by atoms with Gasteiger partial charge in [-0.25, -0.2) is 5.90 Å². The highest BCUT2D eigenvalue weighted by Crippen LogP contribution is 2.21. The minimum absolute atomic E-state index is 0.536. The lowest BCUT2D eigenvalue weighted by molar-refractivity contribution is 0.124. The van der Waals surface area contributed by atoms with Crippen LogP contribution in [0.15, 0.2) is 54.6 Å². The number of para-hydroxylation sites is 1. The van der Waals surface area contributed by atoms with E-state index in [1.165, 1.54) is 5.56 Å². The van der Waals surface area contributed by atoms with E-state index in [1.54, 1.807) is 0 Å². The van der Waals surface area contributed by atoms with Gasteiger partial charge in [-0.1, -0.05) is 30.3 Å². The van der Waals surface area contributed by atoms with Gasteiger partial charge < -0.3 is 24.9 Å². The van der Waals surface area contributed by atoms with Crippen molar-refractivity contribution in [2.45, 2.75) is 19.4 Å². The molecule has 0 aromatic heterocycles. The van der Waals surface area contributed by atoms with Crippen molar-refractivity contribution in [1.29, 1.82) is 0 Å². The van der Waals surface area contributed by atoms with E-state index in [1.807, 2.05) is 42.5 Å². The minimum atomic E-state index is 0.536. The van der Waals surface area contributed by atoms with E-state index in [0.717, 1.165) is 63.7 Å². The summed E-state index contributed by atoms with van der Waals surface area (Å²) >= 11 is 0. The van der Waals surface area contributed by atoms with Gasteiger partial charge in [0.2, 0.25) is 0 Å². The summed E-state index contributed by atoms with van der Waals surface area (Å²) in [6.07, 6.45) is 1.99. The maximum Gasteiger partial charge on any atom is 0.127 e. The molecule has 0 bridgehead atoms. The molecule has 0 unspecified atom stereocenters. The van der Waals surface area contributed by atoms with Crippen LogP contribution in [0.4, 0.5) is 0 Å². The van der Waals surface area contributed by atoms with E-state index >= 15 is 0 Å². The van der Waals surface area contributed by atoms with Crippen molar-refractivity contribution in [3.63, 3.8) is 0 Å². The van der Waals surface area contributed by atoms with Gasteiger partial charge in [0.25, 0.3) is 0 Å². The number of ether oxygens (including phenoxy) is 2. The standard InChI is InChI=1S/C21H31N3O3/c22-26-16-13-23-11-5-14-25-15-6-12-24-18-19-7-4-10-21(17-19)27-20-8-2-1-3-9-20/h1-4,7-10,17,23-24H,5-6,11-16,18,22H2. The zero-order valence-electron chi connectivity index (χ0n) is 15.9. The van der Waals surface area contributed by atoms with Crippen molar-refractivity contribution in [3.05, 3.63) is 60.2 Å². The first-order valence-corrected chi connectivity index (χ1v) is 9.51. The predicted octanol–water partition coefficient (Wildman–Crippen LogP) is 2.85. The molecule has 6 nitrogen and oxygen atoms in total. The normalized spacial score (nSPS) is 10.9. The maximum atomic E-state index is 5.87. The first-order chi connectivity index (χ1) is 13.4. The summed E-state index contributed by atoms with van der Waals surface area (Å²) in [6.45, 7) is 5.52. The molecule has 0 heterocycles. The van der Waals surface area contributed by atoms with Crippen LogP contribution >= 0.6 is 0 Å². The summed E-state index contributed by atoms with van der Waals surface area (Å²) in [6, 6.07) is 18.0. The topological polar surface area (TPSA) is 77.8 Å². The number of hydrogen-bond acceptors (Lipinski definition) is 6. The molecule has 0 spiro atoms. The largest absolute Gasteiger partial charge is 0.457 e. The highest BCUT2D eigenvalue weighted by atomic mass is 16.6. The number of nitrogens with two attached hydrogens (primary N) is 1. The van der Waals surface area contributed by atoms with Crippen LogP contribution in [0.1, 0.15) is 18.4 Å². The molecular weight excluding hydrogens is 342 g/mol. The molecule has 0 aliphatic heterocycles. The molecule has 0 radical (unpaired) electrons. The third-order valence-electron chi connectivity index (χ3n) is 3.89. The third kappa shape index (κ3) is 10.1. The Kier molecular flexibility index (Phi) is 11.2. The molecule has 0 fully saturated rings. The molecule has 2 aromatic carbocycles. The molecule has 0 aliphatic rings. The van der Waals surface area contributed by atoms with Gasteiger partial charge in [-0.3, -0.25) is 0 Å². The average molecular weight is 373 g/mol. The smallest absolute Gasteiger partial charge is 0.127 e. The molecule has 6 heteroatoms. The van der Waals surface area contributed by atoms with E-state index < -0.39 is 0 Å². The lowest BCUT2D eigenvalue weighted by Gasteiger charge is -2.09. The first kappa shape index (κ1) is 21.3. The summed E-state index contributed by atoms with van der Waals surface area (Å²) in [5, 5.41) is 6.67. The Bertz CT molecular complexity index is 611. The van der Waals surface area contributed by atoms with Crippen LogP contribution in [0, 0.1) is 0 Å². The second kappa shape index (κ2) is 14.1. The van der Waals surface area contributed by atoms with Crippen molar-refractivity contribution < 1.29 is 14.3 Å². The number of rotatable bonds is 15. The fourth-order valence-electron chi connectivity index (χ4n) is 2.53. The van der Waals surface area contributed by atoms with E-state index in [2.05, 4.69) is 27.6 Å². The highest BCUT2D eigenvalue weighted by Gasteiger charge is 1.99. The average Bonchev–Trinajstić information content (AvgIpc) is 2.70. The van der Waals surface area contributed by atoms with Gasteiger partial charge in [0.05, 0.1) is 6.61 Å². The zero-order valence-corrected chi connectivity index (χ0v) is 15.9. The van der Waals surface area contributed by atoms with Crippen molar-refractivity contribution in [3.8, 4) is 11.5 Å². The summed E-state index contributed by atoms with van der Waals surface area (Å²) in [4.78, 5) is 4.48. The zero-order chi connectivity index (χ0) is 19.0. The van der Waals surface area contributed by atoms with Crippen LogP contribution in [-0.2, 0) is 16.1 Å². The molecule has 148 valence electrons. The third-order valence-corrected chi connectivity index (χ3v) is 3.89. The fourth-order valence-corrected chi connectivity index (χ4v) is 2.53. The van der Waals surface area contributed by atoms with E-state index in [0.29, 0.717) is 6.61 Å². The van der Waals surface area contributed by atoms with Crippen LogP contribution < -0.4 is 21.3 Å². The molecule has 0 atom stereocenters. The van der Waals surface area contributed by atoms with Gasteiger partial charge in [-0.05, 0) is 55.8 Å². The Morgan fingerprint density at radius 1 is 0.741 bits per heavy atom. The Hall–Kier alpha value is -1.96. The second-order valence-electron chi connectivity index (χ2n) is 6.18. The van der Waals surface area contributed by atoms with Gasteiger partial charge in [0.1, 0.15) is 11.5 Å².